The van der Waals surface area contributed by atoms with Crippen LogP contribution in [0, 0.1) is 0 Å². The number of halogens is 1. The molecule has 1 heterocycles. The highest BCUT2D eigenvalue weighted by atomic mass is 35.5. The minimum absolute atomic E-state index is 0.146. The molecule has 1 aromatic carbocycles. The molecule has 0 saturated heterocycles. The van der Waals surface area contributed by atoms with E-state index >= 15 is 0 Å². The Bertz CT molecular complexity index is 473. The number of pyridine rings is 1. The van der Waals surface area contributed by atoms with Gasteiger partial charge in [-0.3, -0.25) is 4.98 Å². The molecule has 0 radical (unpaired) electrons. The van der Waals surface area contributed by atoms with E-state index in [9.17, 15) is 0 Å². The molecule has 0 aliphatic heterocycles. The summed E-state index contributed by atoms with van der Waals surface area (Å²) in [6.45, 7) is 0. The van der Waals surface area contributed by atoms with Gasteiger partial charge >= 0.3 is 0 Å². The number of aromatic nitrogens is 1. The van der Waals surface area contributed by atoms with Gasteiger partial charge < -0.3 is 5.73 Å². The highest BCUT2D eigenvalue weighted by Gasteiger charge is 2.05. The summed E-state index contributed by atoms with van der Waals surface area (Å²) in [4.78, 5) is 5.19. The number of rotatable bonds is 5. The van der Waals surface area contributed by atoms with Crippen molar-refractivity contribution < 1.29 is 0 Å². The highest BCUT2D eigenvalue weighted by molar-refractivity contribution is 7.99. The molecule has 1 atom stereocenters. The van der Waals surface area contributed by atoms with Crippen LogP contribution in [0.15, 0.2) is 53.7 Å². The SMILES string of the molecule is NC(CSc1ccc(Cl)cc1)Cc1ccncc1. The van der Waals surface area contributed by atoms with Gasteiger partial charge in [-0.15, -0.1) is 11.8 Å². The smallest absolute Gasteiger partial charge is 0.0406 e. The third-order valence-electron chi connectivity index (χ3n) is 2.52. The normalized spacial score (nSPS) is 12.3. The Labute approximate surface area is 117 Å². The number of nitrogens with zero attached hydrogens (tertiary/aromatic N) is 1. The molecule has 0 fully saturated rings. The summed E-state index contributed by atoms with van der Waals surface area (Å²) in [5, 5.41) is 0.764. The van der Waals surface area contributed by atoms with Gasteiger partial charge in [0.05, 0.1) is 0 Å². The Morgan fingerprint density at radius 1 is 1.11 bits per heavy atom. The molecule has 18 heavy (non-hydrogen) atoms. The predicted molar refractivity (Wildman–Crippen MR) is 78.1 cm³/mol. The summed E-state index contributed by atoms with van der Waals surface area (Å²) in [6, 6.07) is 12.0. The monoisotopic (exact) mass is 278 g/mol. The zero-order valence-corrected chi connectivity index (χ0v) is 11.5. The van der Waals surface area contributed by atoms with E-state index < -0.39 is 0 Å². The maximum atomic E-state index is 6.12. The second-order valence-corrected chi connectivity index (χ2v) is 5.61. The van der Waals surface area contributed by atoms with Gasteiger partial charge in [-0.1, -0.05) is 11.6 Å². The fourth-order valence-corrected chi connectivity index (χ4v) is 2.59. The van der Waals surface area contributed by atoms with E-state index in [0.717, 1.165) is 17.2 Å². The van der Waals surface area contributed by atoms with E-state index in [1.165, 1.54) is 10.5 Å². The van der Waals surface area contributed by atoms with Gasteiger partial charge in [-0.25, -0.2) is 0 Å². The van der Waals surface area contributed by atoms with Crippen LogP contribution in [0.4, 0.5) is 0 Å². The van der Waals surface area contributed by atoms with Gasteiger partial charge in [-0.05, 0) is 48.4 Å². The second-order valence-electron chi connectivity index (χ2n) is 4.08. The topological polar surface area (TPSA) is 38.9 Å². The molecule has 4 heteroatoms. The molecule has 0 spiro atoms. The van der Waals surface area contributed by atoms with E-state index in [0.29, 0.717) is 0 Å². The molecule has 1 aromatic heterocycles. The van der Waals surface area contributed by atoms with Crippen molar-refractivity contribution in [3.8, 4) is 0 Å². The molecule has 1 unspecified atom stereocenters. The summed E-state index contributed by atoms with van der Waals surface area (Å²) in [5.74, 6) is 0.893. The van der Waals surface area contributed by atoms with E-state index in [4.69, 9.17) is 17.3 Å². The zero-order chi connectivity index (χ0) is 12.8. The summed E-state index contributed by atoms with van der Waals surface area (Å²) >= 11 is 7.60. The summed E-state index contributed by atoms with van der Waals surface area (Å²) < 4.78 is 0. The first-order valence-corrected chi connectivity index (χ1v) is 7.13. The van der Waals surface area contributed by atoms with Crippen molar-refractivity contribution in [1.29, 1.82) is 0 Å². The standard InChI is InChI=1S/C14H15ClN2S/c15-12-1-3-14(4-2-12)18-10-13(16)9-11-5-7-17-8-6-11/h1-8,13H,9-10,16H2. The lowest BCUT2D eigenvalue weighted by molar-refractivity contribution is 0.748. The fourth-order valence-electron chi connectivity index (χ4n) is 1.61. The Morgan fingerprint density at radius 3 is 2.44 bits per heavy atom. The van der Waals surface area contributed by atoms with Crippen molar-refractivity contribution in [2.45, 2.75) is 17.4 Å². The minimum atomic E-state index is 0.146. The maximum Gasteiger partial charge on any atom is 0.0406 e. The molecule has 0 saturated carbocycles. The van der Waals surface area contributed by atoms with Crippen LogP contribution >= 0.6 is 23.4 Å². The molecule has 2 N–H and O–H groups in total. The molecule has 0 aliphatic rings. The van der Waals surface area contributed by atoms with Crippen molar-refractivity contribution in [1.82, 2.24) is 4.98 Å². The number of hydrogen-bond donors (Lipinski definition) is 1. The van der Waals surface area contributed by atoms with Crippen LogP contribution in [-0.2, 0) is 6.42 Å². The minimum Gasteiger partial charge on any atom is -0.327 e. The van der Waals surface area contributed by atoms with Crippen LogP contribution in [0.2, 0.25) is 5.02 Å². The molecule has 0 bridgehead atoms. The Kier molecular flexibility index (Phi) is 5.05. The van der Waals surface area contributed by atoms with Crippen LogP contribution in [0.5, 0.6) is 0 Å². The van der Waals surface area contributed by atoms with E-state index in [2.05, 4.69) is 4.98 Å². The van der Waals surface area contributed by atoms with Crippen LogP contribution in [0.3, 0.4) is 0 Å². The molecule has 0 aliphatic carbocycles. The third kappa shape index (κ3) is 4.33. The molecule has 2 rings (SSSR count). The first kappa shape index (κ1) is 13.4. The number of hydrogen-bond acceptors (Lipinski definition) is 3. The highest BCUT2D eigenvalue weighted by Crippen LogP contribution is 2.21. The molecular formula is C14H15ClN2S. The second kappa shape index (κ2) is 6.78. The Hall–Kier alpha value is -1.03. The van der Waals surface area contributed by atoms with Crippen LogP contribution < -0.4 is 5.73 Å². The number of benzene rings is 1. The van der Waals surface area contributed by atoms with E-state index in [1.54, 1.807) is 24.2 Å². The predicted octanol–water partition coefficient (Wildman–Crippen LogP) is 3.40. The average molecular weight is 279 g/mol. The Balaban J connectivity index is 1.81. The first-order valence-electron chi connectivity index (χ1n) is 5.77. The van der Waals surface area contributed by atoms with Gasteiger partial charge in [-0.2, -0.15) is 0 Å². The van der Waals surface area contributed by atoms with Crippen molar-refractivity contribution in [3.05, 3.63) is 59.4 Å². The molecule has 0 amide bonds. The quantitative estimate of drug-likeness (QED) is 0.852. The molecular weight excluding hydrogens is 264 g/mol. The molecule has 94 valence electrons. The van der Waals surface area contributed by atoms with Gasteiger partial charge in [0.25, 0.3) is 0 Å². The number of thioether (sulfide) groups is 1. The lowest BCUT2D eigenvalue weighted by Crippen LogP contribution is -2.25. The Morgan fingerprint density at radius 2 is 1.78 bits per heavy atom. The lowest BCUT2D eigenvalue weighted by Gasteiger charge is -2.11. The van der Waals surface area contributed by atoms with Crippen molar-refractivity contribution in [2.75, 3.05) is 5.75 Å². The first-order chi connectivity index (χ1) is 8.74. The lowest BCUT2D eigenvalue weighted by atomic mass is 10.1. The van der Waals surface area contributed by atoms with Gasteiger partial charge in [0.2, 0.25) is 0 Å². The molecule has 2 aromatic rings. The summed E-state index contributed by atoms with van der Waals surface area (Å²) in [7, 11) is 0. The summed E-state index contributed by atoms with van der Waals surface area (Å²) in [5.41, 5.74) is 7.35. The fraction of sp³-hybridized carbons (Fsp3) is 0.214. The average Bonchev–Trinajstić information content (AvgIpc) is 2.39. The van der Waals surface area contributed by atoms with E-state index in [-0.39, 0.29) is 6.04 Å². The largest absolute Gasteiger partial charge is 0.327 e. The maximum absolute atomic E-state index is 6.12. The van der Waals surface area contributed by atoms with E-state index in [1.807, 2.05) is 36.4 Å². The van der Waals surface area contributed by atoms with Crippen LogP contribution in [0.1, 0.15) is 5.56 Å². The van der Waals surface area contributed by atoms with Crippen molar-refractivity contribution >= 4 is 23.4 Å². The molecule has 2 nitrogen and oxygen atoms in total. The van der Waals surface area contributed by atoms with Crippen molar-refractivity contribution in [2.24, 2.45) is 5.73 Å². The van der Waals surface area contributed by atoms with Crippen LogP contribution in [0.25, 0.3) is 0 Å². The zero-order valence-electron chi connectivity index (χ0n) is 9.92. The van der Waals surface area contributed by atoms with Gasteiger partial charge in [0.1, 0.15) is 0 Å². The van der Waals surface area contributed by atoms with Gasteiger partial charge in [0, 0.05) is 34.1 Å². The van der Waals surface area contributed by atoms with Crippen molar-refractivity contribution in [3.63, 3.8) is 0 Å². The number of nitrogens with two attached hydrogens (primary N) is 1. The third-order valence-corrected chi connectivity index (χ3v) is 3.98. The van der Waals surface area contributed by atoms with Crippen LogP contribution in [-0.4, -0.2) is 16.8 Å². The summed E-state index contributed by atoms with van der Waals surface area (Å²) in [6.07, 6.45) is 4.48. The van der Waals surface area contributed by atoms with Gasteiger partial charge in [0.15, 0.2) is 0 Å².